The van der Waals surface area contributed by atoms with E-state index in [9.17, 15) is 4.79 Å². The minimum absolute atomic E-state index is 0. The van der Waals surface area contributed by atoms with E-state index in [0.29, 0.717) is 17.1 Å². The first-order valence-corrected chi connectivity index (χ1v) is 9.93. The molecule has 4 aromatic rings. The van der Waals surface area contributed by atoms with E-state index >= 15 is 0 Å². The molecule has 2 aromatic heterocycles. The van der Waals surface area contributed by atoms with Crippen molar-refractivity contribution in [2.24, 2.45) is 0 Å². The highest BCUT2D eigenvalue weighted by atomic mass is 35.5. The van der Waals surface area contributed by atoms with Crippen LogP contribution in [0.4, 0.5) is 0 Å². The molecule has 5 nitrogen and oxygen atoms in total. The number of pyridine rings is 1. The average molecular weight is 441 g/mol. The molecule has 0 aliphatic heterocycles. The highest BCUT2D eigenvalue weighted by Crippen LogP contribution is 2.21. The molecule has 0 aliphatic carbocycles. The molecule has 4 rings (SSSR count). The van der Waals surface area contributed by atoms with Crippen LogP contribution in [-0.2, 0) is 6.54 Å². The highest BCUT2D eigenvalue weighted by Gasteiger charge is 2.15. The van der Waals surface area contributed by atoms with Gasteiger partial charge in [0.05, 0.1) is 40.7 Å². The molecule has 1 atom stereocenters. The summed E-state index contributed by atoms with van der Waals surface area (Å²) in [6, 6.07) is 19.2. The minimum atomic E-state index is -0.107. The summed E-state index contributed by atoms with van der Waals surface area (Å²) in [5.74, 6) is -0.107. The number of halogens is 2. The molecule has 7 heteroatoms. The number of nitrogens with zero attached hydrogens (tertiary/aromatic N) is 3. The fraction of sp³-hybridized carbons (Fsp3) is 0.174. The molecule has 0 bridgehead atoms. The molecular formula is C23H22Cl2N4O. The van der Waals surface area contributed by atoms with Crippen LogP contribution >= 0.6 is 24.0 Å². The lowest BCUT2D eigenvalue weighted by Crippen LogP contribution is -2.28. The Kier molecular flexibility index (Phi) is 7.08. The van der Waals surface area contributed by atoms with Crippen molar-refractivity contribution in [2.45, 2.75) is 25.9 Å². The predicted octanol–water partition coefficient (Wildman–Crippen LogP) is 5.44. The molecule has 2 aromatic carbocycles. The number of hydrogen-bond acceptors (Lipinski definition) is 3. The second kappa shape index (κ2) is 9.74. The Balaban J connectivity index is 0.00000256. The molecule has 30 heavy (non-hydrogen) atoms. The van der Waals surface area contributed by atoms with Crippen LogP contribution in [0.1, 0.15) is 41.0 Å². The van der Waals surface area contributed by atoms with Crippen molar-refractivity contribution in [1.29, 1.82) is 0 Å². The van der Waals surface area contributed by atoms with Gasteiger partial charge in [0, 0.05) is 11.8 Å². The summed E-state index contributed by atoms with van der Waals surface area (Å²) >= 11 is 6.22. The molecule has 0 saturated heterocycles. The number of rotatable bonds is 6. The van der Waals surface area contributed by atoms with Gasteiger partial charge in [0.1, 0.15) is 0 Å². The molecule has 1 N–H and O–H groups in total. The topological polar surface area (TPSA) is 59.8 Å². The van der Waals surface area contributed by atoms with Crippen LogP contribution in [0, 0.1) is 0 Å². The predicted molar refractivity (Wildman–Crippen MR) is 122 cm³/mol. The highest BCUT2D eigenvalue weighted by molar-refractivity contribution is 6.31. The monoisotopic (exact) mass is 440 g/mol. The van der Waals surface area contributed by atoms with Crippen LogP contribution < -0.4 is 5.32 Å². The molecule has 1 amide bonds. The lowest BCUT2D eigenvalue weighted by atomic mass is 10.0. The maximum absolute atomic E-state index is 12.8. The Morgan fingerprint density at radius 2 is 1.90 bits per heavy atom. The number of benzene rings is 2. The summed E-state index contributed by atoms with van der Waals surface area (Å²) in [4.78, 5) is 21.6. The van der Waals surface area contributed by atoms with Gasteiger partial charge in [0.25, 0.3) is 5.91 Å². The Bertz CT molecular complexity index is 1140. The zero-order valence-corrected chi connectivity index (χ0v) is 18.0. The number of aromatic nitrogens is 3. The Hall–Kier alpha value is -2.89. The second-order valence-electron chi connectivity index (χ2n) is 6.85. The third-order valence-electron chi connectivity index (χ3n) is 4.95. The van der Waals surface area contributed by atoms with Gasteiger partial charge in [-0.05, 0) is 42.3 Å². The van der Waals surface area contributed by atoms with E-state index in [4.69, 9.17) is 11.6 Å². The summed E-state index contributed by atoms with van der Waals surface area (Å²) in [7, 11) is 0. The molecule has 0 radical (unpaired) electrons. The van der Waals surface area contributed by atoms with Crippen molar-refractivity contribution in [2.75, 3.05) is 0 Å². The zero-order valence-electron chi connectivity index (χ0n) is 16.5. The van der Waals surface area contributed by atoms with Crippen molar-refractivity contribution in [3.63, 3.8) is 0 Å². The van der Waals surface area contributed by atoms with Crippen molar-refractivity contribution in [1.82, 2.24) is 19.9 Å². The first-order valence-electron chi connectivity index (χ1n) is 9.56. The summed E-state index contributed by atoms with van der Waals surface area (Å²) in [5, 5.41) is 3.74. The van der Waals surface area contributed by atoms with Gasteiger partial charge in [0.15, 0.2) is 0 Å². The van der Waals surface area contributed by atoms with Gasteiger partial charge >= 0.3 is 0 Å². The SMILES string of the molecule is CC[C@@H](NC(=O)c1ccc2c(c1)ncn2Cc1ncccc1Cl)c1ccccc1.Cl. The number of nitrogens with one attached hydrogen (secondary N) is 1. The molecule has 0 fully saturated rings. The number of hydrogen-bond donors (Lipinski definition) is 1. The van der Waals surface area contributed by atoms with Gasteiger partial charge in [-0.15, -0.1) is 12.4 Å². The Morgan fingerprint density at radius 1 is 1.10 bits per heavy atom. The second-order valence-corrected chi connectivity index (χ2v) is 7.26. The Labute approximate surface area is 186 Å². The fourth-order valence-electron chi connectivity index (χ4n) is 3.38. The molecule has 0 aliphatic rings. The summed E-state index contributed by atoms with van der Waals surface area (Å²) < 4.78 is 1.98. The average Bonchev–Trinajstić information content (AvgIpc) is 3.16. The van der Waals surface area contributed by atoms with E-state index in [-0.39, 0.29) is 24.4 Å². The fourth-order valence-corrected chi connectivity index (χ4v) is 3.56. The summed E-state index contributed by atoms with van der Waals surface area (Å²) in [6.45, 7) is 2.58. The van der Waals surface area contributed by atoms with E-state index in [0.717, 1.165) is 28.7 Å². The van der Waals surface area contributed by atoms with Crippen molar-refractivity contribution < 1.29 is 4.79 Å². The van der Waals surface area contributed by atoms with Crippen LogP contribution in [0.3, 0.4) is 0 Å². The smallest absolute Gasteiger partial charge is 0.251 e. The molecule has 0 spiro atoms. The Morgan fingerprint density at radius 3 is 2.63 bits per heavy atom. The van der Waals surface area contributed by atoms with Gasteiger partial charge in [-0.25, -0.2) is 4.98 Å². The van der Waals surface area contributed by atoms with Crippen molar-refractivity contribution >= 4 is 40.9 Å². The largest absolute Gasteiger partial charge is 0.345 e. The van der Waals surface area contributed by atoms with Crippen LogP contribution in [0.25, 0.3) is 11.0 Å². The van der Waals surface area contributed by atoms with E-state index < -0.39 is 0 Å². The van der Waals surface area contributed by atoms with E-state index in [2.05, 4.69) is 22.2 Å². The number of carbonyl (C=O) groups is 1. The van der Waals surface area contributed by atoms with Gasteiger partial charge in [0.2, 0.25) is 0 Å². The summed E-state index contributed by atoms with van der Waals surface area (Å²) in [6.07, 6.45) is 4.29. The van der Waals surface area contributed by atoms with Crippen LogP contribution in [0.15, 0.2) is 73.2 Å². The van der Waals surface area contributed by atoms with Gasteiger partial charge in [-0.3, -0.25) is 9.78 Å². The van der Waals surface area contributed by atoms with E-state index in [1.807, 2.05) is 65.2 Å². The van der Waals surface area contributed by atoms with Gasteiger partial charge < -0.3 is 9.88 Å². The number of amides is 1. The van der Waals surface area contributed by atoms with Crippen LogP contribution in [0.2, 0.25) is 5.02 Å². The van der Waals surface area contributed by atoms with Crippen molar-refractivity contribution in [3.8, 4) is 0 Å². The maximum Gasteiger partial charge on any atom is 0.251 e. The molecular weight excluding hydrogens is 419 g/mol. The number of imidazole rings is 1. The number of fused-ring (bicyclic) bond motifs is 1. The lowest BCUT2D eigenvalue weighted by molar-refractivity contribution is 0.0935. The lowest BCUT2D eigenvalue weighted by Gasteiger charge is -2.17. The minimum Gasteiger partial charge on any atom is -0.345 e. The third-order valence-corrected chi connectivity index (χ3v) is 5.30. The van der Waals surface area contributed by atoms with E-state index in [1.54, 1.807) is 12.5 Å². The molecule has 0 unspecified atom stereocenters. The van der Waals surface area contributed by atoms with Crippen molar-refractivity contribution in [3.05, 3.63) is 95.0 Å². The van der Waals surface area contributed by atoms with Crippen LogP contribution in [0.5, 0.6) is 0 Å². The van der Waals surface area contributed by atoms with E-state index in [1.165, 1.54) is 0 Å². The maximum atomic E-state index is 12.8. The first kappa shape index (κ1) is 21.8. The number of carbonyl (C=O) groups excluding carboxylic acids is 1. The van der Waals surface area contributed by atoms with Crippen LogP contribution in [-0.4, -0.2) is 20.4 Å². The quantitative estimate of drug-likeness (QED) is 0.434. The zero-order chi connectivity index (χ0) is 20.2. The summed E-state index contributed by atoms with van der Waals surface area (Å²) in [5.41, 5.74) is 4.16. The first-order chi connectivity index (χ1) is 14.2. The molecule has 154 valence electrons. The molecule has 0 saturated carbocycles. The standard InChI is InChI=1S/C23H21ClN4O.ClH/c1-2-19(16-7-4-3-5-8-16)27-23(29)17-10-11-22-20(13-17)26-15-28(22)14-21-18(24)9-6-12-25-21;/h3-13,15,19H,2,14H2,1H3,(H,27,29);1H/t19-;/m1./s1. The molecule has 2 heterocycles. The normalized spacial score (nSPS) is 11.7. The van der Waals surface area contributed by atoms with Gasteiger partial charge in [-0.2, -0.15) is 0 Å². The van der Waals surface area contributed by atoms with Gasteiger partial charge in [-0.1, -0.05) is 48.9 Å². The third kappa shape index (κ3) is 4.64.